The molecule has 0 amide bonds. The summed E-state index contributed by atoms with van der Waals surface area (Å²) in [4.78, 5) is 10.4. The molecule has 8 aromatic rings. The first-order valence-electron chi connectivity index (χ1n) is 14.4. The summed E-state index contributed by atoms with van der Waals surface area (Å²) in [7, 11) is 0. The third-order valence-corrected chi connectivity index (χ3v) is 9.08. The molecule has 2 aromatic heterocycles. The number of fused-ring (bicyclic) bond motifs is 3. The van der Waals surface area contributed by atoms with Gasteiger partial charge in [-0.3, -0.25) is 0 Å². The van der Waals surface area contributed by atoms with Crippen LogP contribution < -0.4 is 0 Å². The highest BCUT2D eigenvalue weighted by Crippen LogP contribution is 2.42. The van der Waals surface area contributed by atoms with Crippen LogP contribution in [-0.4, -0.2) is 9.97 Å². The summed E-state index contributed by atoms with van der Waals surface area (Å²) in [6.07, 6.45) is 0. The second-order valence-corrected chi connectivity index (χ2v) is 11.7. The van der Waals surface area contributed by atoms with Crippen LogP contribution in [0.25, 0.3) is 76.3 Å². The van der Waals surface area contributed by atoms with Crippen molar-refractivity contribution in [3.05, 3.63) is 158 Å². The summed E-state index contributed by atoms with van der Waals surface area (Å²) in [6, 6.07) is 55.4. The van der Waals surface area contributed by atoms with Gasteiger partial charge in [-0.1, -0.05) is 140 Å². The van der Waals surface area contributed by atoms with E-state index >= 15 is 0 Å². The summed E-state index contributed by atoms with van der Waals surface area (Å²) in [5.41, 5.74) is 9.67. The van der Waals surface area contributed by atoms with Crippen LogP contribution in [0, 0.1) is 0 Å². The smallest absolute Gasteiger partial charge is 0.161 e. The minimum absolute atomic E-state index is 0.718. The van der Waals surface area contributed by atoms with Crippen LogP contribution in [0.4, 0.5) is 0 Å². The molecule has 0 aliphatic carbocycles. The molecule has 0 radical (unpaired) electrons. The molecule has 6 aromatic carbocycles. The molecule has 2 heterocycles. The summed E-state index contributed by atoms with van der Waals surface area (Å²) in [5, 5.41) is 2.57. The van der Waals surface area contributed by atoms with E-state index in [1.165, 1.54) is 36.9 Å². The molecular weight excluding hydrogens is 541 g/mol. The highest BCUT2D eigenvalue weighted by atomic mass is 32.1. The molecule has 3 heteroatoms. The van der Waals surface area contributed by atoms with E-state index in [1.807, 2.05) is 23.5 Å². The predicted molar refractivity (Wildman–Crippen MR) is 182 cm³/mol. The lowest BCUT2D eigenvalue weighted by molar-refractivity contribution is 1.18. The first kappa shape index (κ1) is 25.3. The monoisotopic (exact) mass is 566 g/mol. The molecule has 0 aliphatic heterocycles. The maximum absolute atomic E-state index is 5.21. The number of aromatic nitrogens is 2. The number of thiophene rings is 1. The molecule has 0 unspecified atom stereocenters. The largest absolute Gasteiger partial charge is 0.228 e. The Kier molecular flexibility index (Phi) is 6.36. The van der Waals surface area contributed by atoms with Gasteiger partial charge in [0.25, 0.3) is 0 Å². The van der Waals surface area contributed by atoms with Gasteiger partial charge in [0.05, 0.1) is 11.4 Å². The Morgan fingerprint density at radius 1 is 0.372 bits per heavy atom. The Balaban J connectivity index is 1.32. The third kappa shape index (κ3) is 4.70. The summed E-state index contributed by atoms with van der Waals surface area (Å²) in [6.45, 7) is 0. The third-order valence-electron chi connectivity index (χ3n) is 7.94. The van der Waals surface area contributed by atoms with Crippen molar-refractivity contribution in [2.45, 2.75) is 0 Å². The van der Waals surface area contributed by atoms with Gasteiger partial charge in [0.2, 0.25) is 0 Å². The van der Waals surface area contributed by atoms with E-state index in [9.17, 15) is 0 Å². The molecule has 0 aliphatic rings. The summed E-state index contributed by atoms with van der Waals surface area (Å²) >= 11 is 1.84. The first-order valence-corrected chi connectivity index (χ1v) is 15.2. The Morgan fingerprint density at radius 2 is 0.884 bits per heavy atom. The normalized spacial score (nSPS) is 11.3. The van der Waals surface area contributed by atoms with Crippen LogP contribution in [0.3, 0.4) is 0 Å². The summed E-state index contributed by atoms with van der Waals surface area (Å²) < 4.78 is 2.58. The van der Waals surface area contributed by atoms with Crippen molar-refractivity contribution in [3.8, 4) is 56.2 Å². The van der Waals surface area contributed by atoms with Crippen molar-refractivity contribution < 1.29 is 0 Å². The molecule has 0 spiro atoms. The van der Waals surface area contributed by atoms with E-state index in [0.29, 0.717) is 0 Å². The van der Waals surface area contributed by atoms with Crippen LogP contribution in [0.15, 0.2) is 158 Å². The minimum atomic E-state index is 0.718. The Hall–Kier alpha value is -5.38. The van der Waals surface area contributed by atoms with Crippen molar-refractivity contribution in [2.24, 2.45) is 0 Å². The fourth-order valence-electron chi connectivity index (χ4n) is 5.85. The van der Waals surface area contributed by atoms with Crippen LogP contribution in [0.1, 0.15) is 0 Å². The molecule has 0 saturated heterocycles. The molecule has 0 fully saturated rings. The molecule has 0 bridgehead atoms. The lowest BCUT2D eigenvalue weighted by Crippen LogP contribution is -1.97. The first-order chi connectivity index (χ1) is 21.3. The van der Waals surface area contributed by atoms with Crippen molar-refractivity contribution in [1.82, 2.24) is 9.97 Å². The average Bonchev–Trinajstić information content (AvgIpc) is 3.48. The Labute approximate surface area is 254 Å². The van der Waals surface area contributed by atoms with Crippen molar-refractivity contribution in [2.75, 3.05) is 0 Å². The SMILES string of the molecule is c1ccc(-c2ccc(-c3cc(-c4ccccc4)nc(-c4ccccc4-c4cccc5sc6ccccc6c45)n3)cc2)cc1. The predicted octanol–water partition coefficient (Wildman–Crippen LogP) is 11.2. The van der Waals surface area contributed by atoms with E-state index in [4.69, 9.17) is 9.97 Å². The van der Waals surface area contributed by atoms with Crippen molar-refractivity contribution in [3.63, 3.8) is 0 Å². The second kappa shape index (κ2) is 10.8. The van der Waals surface area contributed by atoms with Crippen molar-refractivity contribution >= 4 is 31.5 Å². The van der Waals surface area contributed by atoms with Crippen LogP contribution in [0.5, 0.6) is 0 Å². The van der Waals surface area contributed by atoms with Gasteiger partial charge in [0, 0.05) is 36.9 Å². The van der Waals surface area contributed by atoms with E-state index in [0.717, 1.165) is 39.5 Å². The number of benzene rings is 6. The summed E-state index contributed by atoms with van der Waals surface area (Å²) in [5.74, 6) is 0.718. The zero-order valence-corrected chi connectivity index (χ0v) is 24.1. The molecular formula is C40H26N2S. The number of hydrogen-bond acceptors (Lipinski definition) is 3. The fraction of sp³-hybridized carbons (Fsp3) is 0. The maximum atomic E-state index is 5.21. The van der Waals surface area contributed by atoms with E-state index < -0.39 is 0 Å². The zero-order valence-electron chi connectivity index (χ0n) is 23.3. The van der Waals surface area contributed by atoms with Gasteiger partial charge < -0.3 is 0 Å². The van der Waals surface area contributed by atoms with Gasteiger partial charge in [-0.2, -0.15) is 0 Å². The molecule has 0 N–H and O–H groups in total. The Morgan fingerprint density at radius 3 is 1.63 bits per heavy atom. The van der Waals surface area contributed by atoms with Gasteiger partial charge in [0.1, 0.15) is 0 Å². The number of rotatable bonds is 5. The average molecular weight is 567 g/mol. The minimum Gasteiger partial charge on any atom is -0.228 e. The molecule has 43 heavy (non-hydrogen) atoms. The fourth-order valence-corrected chi connectivity index (χ4v) is 6.98. The number of nitrogens with zero attached hydrogens (tertiary/aromatic N) is 2. The Bertz CT molecular complexity index is 2220. The number of hydrogen-bond donors (Lipinski definition) is 0. The van der Waals surface area contributed by atoms with Crippen molar-refractivity contribution in [1.29, 1.82) is 0 Å². The zero-order chi connectivity index (χ0) is 28.6. The standard InChI is InChI=1S/C40H26N2S/c1-3-12-27(13-4-1)28-22-24-30(25-23-28)36-26-35(29-14-5-2-6-15-29)41-40(42-36)33-17-8-7-16-31(33)32-19-11-21-38-39(32)34-18-9-10-20-37(34)43-38/h1-26H. The van der Waals surface area contributed by atoms with E-state index in [2.05, 4.69) is 146 Å². The van der Waals surface area contributed by atoms with E-state index in [1.54, 1.807) is 0 Å². The molecule has 0 saturated carbocycles. The van der Waals surface area contributed by atoms with Gasteiger partial charge >= 0.3 is 0 Å². The molecule has 8 rings (SSSR count). The van der Waals surface area contributed by atoms with Gasteiger partial charge in [-0.25, -0.2) is 9.97 Å². The highest BCUT2D eigenvalue weighted by molar-refractivity contribution is 7.25. The lowest BCUT2D eigenvalue weighted by Gasteiger charge is -2.14. The van der Waals surface area contributed by atoms with Gasteiger partial charge in [0.15, 0.2) is 5.82 Å². The van der Waals surface area contributed by atoms with Crippen LogP contribution in [0.2, 0.25) is 0 Å². The van der Waals surface area contributed by atoms with E-state index in [-0.39, 0.29) is 0 Å². The molecule has 202 valence electrons. The molecule has 0 atom stereocenters. The topological polar surface area (TPSA) is 25.8 Å². The lowest BCUT2D eigenvalue weighted by atomic mass is 9.94. The second-order valence-electron chi connectivity index (χ2n) is 10.6. The van der Waals surface area contributed by atoms with Crippen LogP contribution in [-0.2, 0) is 0 Å². The van der Waals surface area contributed by atoms with Crippen LogP contribution >= 0.6 is 11.3 Å². The van der Waals surface area contributed by atoms with Gasteiger partial charge in [-0.15, -0.1) is 11.3 Å². The van der Waals surface area contributed by atoms with Gasteiger partial charge in [-0.05, 0) is 40.5 Å². The quantitative estimate of drug-likeness (QED) is 0.207. The molecule has 2 nitrogen and oxygen atoms in total. The maximum Gasteiger partial charge on any atom is 0.161 e. The highest BCUT2D eigenvalue weighted by Gasteiger charge is 2.17.